The first-order valence-corrected chi connectivity index (χ1v) is 6.90. The second-order valence-corrected chi connectivity index (χ2v) is 7.06. The molecule has 0 saturated heterocycles. The van der Waals surface area contributed by atoms with Gasteiger partial charge in [0, 0.05) is 0 Å². The minimum absolute atomic E-state index is 0.320. The number of carboxylic acid groups (broad SMARTS) is 1. The van der Waals surface area contributed by atoms with Crippen molar-refractivity contribution in [3.8, 4) is 0 Å². The number of carbonyl (C=O) groups is 3. The van der Waals surface area contributed by atoms with E-state index in [9.17, 15) is 14.4 Å². The van der Waals surface area contributed by atoms with Crippen LogP contribution in [0.1, 0.15) is 54.9 Å². The van der Waals surface area contributed by atoms with Gasteiger partial charge in [-0.1, -0.05) is 6.92 Å². The number of aliphatic carboxylic acids is 1. The highest BCUT2D eigenvalue weighted by Crippen LogP contribution is 2.23. The Bertz CT molecular complexity index is 399. The minimum atomic E-state index is -1.16. The van der Waals surface area contributed by atoms with Crippen molar-refractivity contribution in [3.05, 3.63) is 0 Å². The molecule has 0 heterocycles. The predicted molar refractivity (Wildman–Crippen MR) is 76.6 cm³/mol. The molecule has 0 saturated carbocycles. The van der Waals surface area contributed by atoms with E-state index in [0.717, 1.165) is 0 Å². The van der Waals surface area contributed by atoms with Gasteiger partial charge >= 0.3 is 17.9 Å². The van der Waals surface area contributed by atoms with Crippen LogP contribution in [0.4, 0.5) is 0 Å². The van der Waals surface area contributed by atoms with Gasteiger partial charge in [-0.15, -0.1) is 0 Å². The molecule has 122 valence electrons. The van der Waals surface area contributed by atoms with Crippen molar-refractivity contribution in [3.63, 3.8) is 0 Å². The van der Waals surface area contributed by atoms with Gasteiger partial charge < -0.3 is 14.6 Å². The lowest BCUT2D eigenvalue weighted by molar-refractivity contribution is -0.172. The van der Waals surface area contributed by atoms with Crippen molar-refractivity contribution in [1.82, 2.24) is 0 Å². The lowest BCUT2D eigenvalue weighted by Gasteiger charge is -2.26. The zero-order valence-corrected chi connectivity index (χ0v) is 13.9. The molecule has 0 aromatic carbocycles. The van der Waals surface area contributed by atoms with Gasteiger partial charge in [-0.25, -0.2) is 0 Å². The summed E-state index contributed by atoms with van der Waals surface area (Å²) in [4.78, 5) is 35.1. The molecule has 0 bridgehead atoms. The van der Waals surface area contributed by atoms with Crippen LogP contribution in [-0.2, 0) is 23.9 Å². The Labute approximate surface area is 125 Å². The fourth-order valence-electron chi connectivity index (χ4n) is 1.58. The maximum Gasteiger partial charge on any atom is 0.310 e. The SMILES string of the molecule is CC(C(=O)O)C(CC(=O)OC(C)(C)C)C(=O)OC(C)(C)C. The van der Waals surface area contributed by atoms with E-state index in [2.05, 4.69) is 0 Å². The number of esters is 2. The lowest BCUT2D eigenvalue weighted by atomic mass is 9.90. The van der Waals surface area contributed by atoms with Gasteiger partial charge in [-0.05, 0) is 41.5 Å². The molecule has 0 aliphatic heterocycles. The van der Waals surface area contributed by atoms with Crippen LogP contribution in [0.25, 0.3) is 0 Å². The second kappa shape index (κ2) is 6.91. The Morgan fingerprint density at radius 1 is 0.952 bits per heavy atom. The number of rotatable bonds is 5. The van der Waals surface area contributed by atoms with E-state index >= 15 is 0 Å². The summed E-state index contributed by atoms with van der Waals surface area (Å²) >= 11 is 0. The van der Waals surface area contributed by atoms with E-state index in [0.29, 0.717) is 0 Å². The molecule has 0 fully saturated rings. The van der Waals surface area contributed by atoms with Crippen LogP contribution in [0.3, 0.4) is 0 Å². The summed E-state index contributed by atoms with van der Waals surface area (Å²) in [7, 11) is 0. The Morgan fingerprint density at radius 3 is 1.71 bits per heavy atom. The van der Waals surface area contributed by atoms with E-state index in [-0.39, 0.29) is 6.42 Å². The quantitative estimate of drug-likeness (QED) is 0.784. The maximum atomic E-state index is 12.1. The Kier molecular flexibility index (Phi) is 6.39. The van der Waals surface area contributed by atoms with Crippen LogP contribution in [-0.4, -0.2) is 34.2 Å². The first-order chi connectivity index (χ1) is 9.23. The van der Waals surface area contributed by atoms with Crippen LogP contribution in [0, 0.1) is 11.8 Å². The fraction of sp³-hybridized carbons (Fsp3) is 0.800. The monoisotopic (exact) mass is 302 g/mol. The van der Waals surface area contributed by atoms with Crippen molar-refractivity contribution in [2.45, 2.75) is 66.1 Å². The largest absolute Gasteiger partial charge is 0.481 e. The summed E-state index contributed by atoms with van der Waals surface area (Å²) < 4.78 is 10.3. The minimum Gasteiger partial charge on any atom is -0.481 e. The molecule has 0 aromatic heterocycles. The average Bonchev–Trinajstić information content (AvgIpc) is 2.19. The third-order valence-electron chi connectivity index (χ3n) is 2.51. The van der Waals surface area contributed by atoms with Gasteiger partial charge in [-0.3, -0.25) is 14.4 Å². The number of ether oxygens (including phenoxy) is 2. The molecule has 0 rings (SSSR count). The van der Waals surface area contributed by atoms with Gasteiger partial charge in [0.1, 0.15) is 11.2 Å². The number of hydrogen-bond donors (Lipinski definition) is 1. The molecule has 6 heteroatoms. The normalized spacial score (nSPS) is 15.0. The van der Waals surface area contributed by atoms with Crippen LogP contribution >= 0.6 is 0 Å². The van der Waals surface area contributed by atoms with Gasteiger partial charge in [-0.2, -0.15) is 0 Å². The highest BCUT2D eigenvalue weighted by atomic mass is 16.6. The standard InChI is InChI=1S/C15H26O6/c1-9(12(17)18)10(13(19)21-15(5,6)7)8-11(16)20-14(2,3)4/h9-10H,8H2,1-7H3,(H,17,18). The van der Waals surface area contributed by atoms with Gasteiger partial charge in [0.2, 0.25) is 0 Å². The van der Waals surface area contributed by atoms with E-state index in [1.807, 2.05) is 0 Å². The van der Waals surface area contributed by atoms with Crippen LogP contribution in [0.2, 0.25) is 0 Å². The fourth-order valence-corrected chi connectivity index (χ4v) is 1.58. The summed E-state index contributed by atoms with van der Waals surface area (Å²) in [5.74, 6) is -4.59. The van der Waals surface area contributed by atoms with Gasteiger partial charge in [0.15, 0.2) is 0 Å². The molecule has 0 radical (unpaired) electrons. The molecule has 0 aromatic rings. The topological polar surface area (TPSA) is 89.9 Å². The Morgan fingerprint density at radius 2 is 1.38 bits per heavy atom. The molecule has 6 nitrogen and oxygen atoms in total. The highest BCUT2D eigenvalue weighted by molar-refractivity contribution is 5.85. The van der Waals surface area contributed by atoms with Crippen LogP contribution in [0.5, 0.6) is 0 Å². The third kappa shape index (κ3) is 8.32. The highest BCUT2D eigenvalue weighted by Gasteiger charge is 2.36. The first kappa shape index (κ1) is 19.4. The van der Waals surface area contributed by atoms with Crippen LogP contribution in [0.15, 0.2) is 0 Å². The zero-order valence-electron chi connectivity index (χ0n) is 13.9. The average molecular weight is 302 g/mol. The number of carbonyl (C=O) groups excluding carboxylic acids is 2. The molecule has 0 aliphatic rings. The molecule has 2 atom stereocenters. The summed E-state index contributed by atoms with van der Waals surface area (Å²) in [5.41, 5.74) is -1.44. The van der Waals surface area contributed by atoms with E-state index in [1.54, 1.807) is 41.5 Å². The molecular weight excluding hydrogens is 276 g/mol. The van der Waals surface area contributed by atoms with Crippen molar-refractivity contribution >= 4 is 17.9 Å². The van der Waals surface area contributed by atoms with Crippen molar-refractivity contribution < 1.29 is 29.0 Å². The predicted octanol–water partition coefficient (Wildman–Crippen LogP) is 2.40. The molecule has 2 unspecified atom stereocenters. The molecule has 0 amide bonds. The van der Waals surface area contributed by atoms with Crippen LogP contribution < -0.4 is 0 Å². The summed E-state index contributed by atoms with van der Waals surface area (Å²) in [5, 5.41) is 9.09. The molecule has 21 heavy (non-hydrogen) atoms. The Balaban J connectivity index is 5.04. The molecular formula is C15H26O6. The summed E-state index contributed by atoms with van der Waals surface area (Å²) in [6, 6.07) is 0. The maximum absolute atomic E-state index is 12.1. The van der Waals surface area contributed by atoms with E-state index in [1.165, 1.54) is 6.92 Å². The molecule has 0 aliphatic carbocycles. The number of carboxylic acids is 1. The molecule has 0 spiro atoms. The lowest BCUT2D eigenvalue weighted by Crippen LogP contribution is -2.37. The van der Waals surface area contributed by atoms with Crippen molar-refractivity contribution in [2.75, 3.05) is 0 Å². The van der Waals surface area contributed by atoms with Crippen molar-refractivity contribution in [1.29, 1.82) is 0 Å². The third-order valence-corrected chi connectivity index (χ3v) is 2.51. The van der Waals surface area contributed by atoms with Gasteiger partial charge in [0.05, 0.1) is 18.3 Å². The Hall–Kier alpha value is -1.59. The summed E-state index contributed by atoms with van der Waals surface area (Å²) in [6.45, 7) is 11.5. The van der Waals surface area contributed by atoms with Crippen molar-refractivity contribution in [2.24, 2.45) is 11.8 Å². The number of hydrogen-bond acceptors (Lipinski definition) is 5. The van der Waals surface area contributed by atoms with Gasteiger partial charge in [0.25, 0.3) is 0 Å². The second-order valence-electron chi connectivity index (χ2n) is 7.06. The first-order valence-electron chi connectivity index (χ1n) is 6.90. The smallest absolute Gasteiger partial charge is 0.310 e. The zero-order chi connectivity index (χ0) is 17.0. The summed E-state index contributed by atoms with van der Waals surface area (Å²) in [6.07, 6.45) is -0.320. The van der Waals surface area contributed by atoms with E-state index < -0.39 is 40.9 Å². The molecule has 1 N–H and O–H groups in total. The van der Waals surface area contributed by atoms with E-state index in [4.69, 9.17) is 14.6 Å².